The third kappa shape index (κ3) is 3.08. The van der Waals surface area contributed by atoms with Crippen molar-refractivity contribution < 1.29 is 9.15 Å². The van der Waals surface area contributed by atoms with E-state index in [4.69, 9.17) is 20.6 Å². The minimum absolute atomic E-state index is 0.102. The Morgan fingerprint density at radius 3 is 2.61 bits per heavy atom. The number of furan rings is 1. The van der Waals surface area contributed by atoms with E-state index >= 15 is 0 Å². The van der Waals surface area contributed by atoms with Gasteiger partial charge in [0.15, 0.2) is 17.3 Å². The van der Waals surface area contributed by atoms with Gasteiger partial charge in [0.1, 0.15) is 11.4 Å². The van der Waals surface area contributed by atoms with Crippen molar-refractivity contribution in [3.63, 3.8) is 0 Å². The Balaban J connectivity index is 2.03. The molecule has 0 fully saturated rings. The predicted octanol–water partition coefficient (Wildman–Crippen LogP) is 3.21. The van der Waals surface area contributed by atoms with Gasteiger partial charge in [-0.25, -0.2) is 4.98 Å². The van der Waals surface area contributed by atoms with Crippen LogP contribution in [-0.4, -0.2) is 15.0 Å². The van der Waals surface area contributed by atoms with Gasteiger partial charge >= 0.3 is 0 Å². The summed E-state index contributed by atoms with van der Waals surface area (Å²) in [5, 5.41) is 0. The lowest BCUT2D eigenvalue weighted by Gasteiger charge is -2.15. The van der Waals surface area contributed by atoms with E-state index in [1.807, 2.05) is 12.1 Å². The summed E-state index contributed by atoms with van der Waals surface area (Å²) in [5.41, 5.74) is 13.0. The zero-order chi connectivity index (χ0) is 16.4. The SMILES string of the molecule is CC(C)c1cnc(-c2ccco2)cc1Oc1cnc(N)nc1N. The summed E-state index contributed by atoms with van der Waals surface area (Å²) in [6.45, 7) is 4.11. The van der Waals surface area contributed by atoms with Crippen molar-refractivity contribution in [1.29, 1.82) is 0 Å². The Labute approximate surface area is 133 Å². The first-order chi connectivity index (χ1) is 11.0. The Kier molecular flexibility index (Phi) is 3.84. The summed E-state index contributed by atoms with van der Waals surface area (Å²) in [7, 11) is 0. The first-order valence-corrected chi connectivity index (χ1v) is 7.14. The molecule has 4 N–H and O–H groups in total. The second-order valence-electron chi connectivity index (χ2n) is 5.32. The fraction of sp³-hybridized carbons (Fsp3) is 0.188. The van der Waals surface area contributed by atoms with Gasteiger partial charge in [-0.2, -0.15) is 4.98 Å². The Morgan fingerprint density at radius 2 is 1.96 bits per heavy atom. The number of aromatic nitrogens is 3. The van der Waals surface area contributed by atoms with Crippen molar-refractivity contribution in [1.82, 2.24) is 15.0 Å². The highest BCUT2D eigenvalue weighted by molar-refractivity contribution is 5.58. The van der Waals surface area contributed by atoms with E-state index in [1.165, 1.54) is 6.20 Å². The standard InChI is InChI=1S/C16H17N5O2/c1-9(2)10-7-19-11(12-4-3-5-22-12)6-13(10)23-14-8-20-16(18)21-15(14)17/h3-9H,1-2H3,(H4,17,18,20,21). The highest BCUT2D eigenvalue weighted by Gasteiger charge is 2.15. The average molecular weight is 311 g/mol. The van der Waals surface area contributed by atoms with Crippen LogP contribution in [0.5, 0.6) is 11.5 Å². The van der Waals surface area contributed by atoms with Crippen LogP contribution in [0.2, 0.25) is 0 Å². The summed E-state index contributed by atoms with van der Waals surface area (Å²) in [4.78, 5) is 12.2. The second kappa shape index (κ2) is 5.96. The molecule has 3 aromatic rings. The molecule has 0 aliphatic rings. The molecule has 0 saturated heterocycles. The molecule has 118 valence electrons. The summed E-state index contributed by atoms with van der Waals surface area (Å²) in [5.74, 6) is 2.14. The van der Waals surface area contributed by atoms with Crippen LogP contribution < -0.4 is 16.2 Å². The van der Waals surface area contributed by atoms with Crippen LogP contribution in [-0.2, 0) is 0 Å². The van der Waals surface area contributed by atoms with E-state index in [1.54, 1.807) is 18.5 Å². The third-order valence-corrected chi connectivity index (χ3v) is 3.31. The third-order valence-electron chi connectivity index (χ3n) is 3.31. The van der Waals surface area contributed by atoms with Crippen molar-refractivity contribution in [2.45, 2.75) is 19.8 Å². The quantitative estimate of drug-likeness (QED) is 0.760. The molecule has 0 atom stereocenters. The number of hydrogen-bond donors (Lipinski definition) is 2. The molecule has 0 radical (unpaired) electrons. The largest absolute Gasteiger partial charge is 0.463 e. The number of rotatable bonds is 4. The number of nitrogens with zero attached hydrogens (tertiary/aromatic N) is 3. The van der Waals surface area contributed by atoms with Crippen LogP contribution in [0.25, 0.3) is 11.5 Å². The van der Waals surface area contributed by atoms with Crippen molar-refractivity contribution in [3.05, 3.63) is 42.4 Å². The minimum atomic E-state index is 0.102. The van der Waals surface area contributed by atoms with Gasteiger partial charge in [0, 0.05) is 17.8 Å². The average Bonchev–Trinajstić information content (AvgIpc) is 3.04. The maximum atomic E-state index is 5.91. The molecule has 0 saturated carbocycles. The van der Waals surface area contributed by atoms with Crippen molar-refractivity contribution in [2.75, 3.05) is 11.5 Å². The normalized spacial score (nSPS) is 10.9. The van der Waals surface area contributed by atoms with Gasteiger partial charge in [0.2, 0.25) is 5.95 Å². The lowest BCUT2D eigenvalue weighted by atomic mass is 10.0. The molecule has 7 heteroatoms. The first-order valence-electron chi connectivity index (χ1n) is 7.14. The number of ether oxygens (including phenoxy) is 1. The van der Waals surface area contributed by atoms with Gasteiger partial charge in [0.25, 0.3) is 0 Å². The molecule has 3 heterocycles. The molecule has 3 rings (SSSR count). The molecule has 7 nitrogen and oxygen atoms in total. The fourth-order valence-corrected chi connectivity index (χ4v) is 2.12. The van der Waals surface area contributed by atoms with E-state index < -0.39 is 0 Å². The molecule has 0 amide bonds. The maximum absolute atomic E-state index is 5.91. The van der Waals surface area contributed by atoms with Crippen LogP contribution in [0, 0.1) is 0 Å². The number of pyridine rings is 1. The summed E-state index contributed by atoms with van der Waals surface area (Å²) in [6, 6.07) is 5.45. The monoisotopic (exact) mass is 311 g/mol. The van der Waals surface area contributed by atoms with E-state index in [2.05, 4.69) is 28.8 Å². The summed E-state index contributed by atoms with van der Waals surface area (Å²) < 4.78 is 11.3. The fourth-order valence-electron chi connectivity index (χ4n) is 2.12. The Morgan fingerprint density at radius 1 is 1.13 bits per heavy atom. The zero-order valence-electron chi connectivity index (χ0n) is 12.9. The maximum Gasteiger partial charge on any atom is 0.222 e. The first kappa shape index (κ1) is 14.8. The molecule has 3 aromatic heterocycles. The number of nitrogen functional groups attached to an aromatic ring is 2. The summed E-state index contributed by atoms with van der Waals surface area (Å²) in [6.07, 6.45) is 4.82. The number of anilines is 2. The van der Waals surface area contributed by atoms with Crippen molar-refractivity contribution in [2.24, 2.45) is 0 Å². The van der Waals surface area contributed by atoms with Gasteiger partial charge < -0.3 is 20.6 Å². The molecule has 0 aliphatic carbocycles. The zero-order valence-corrected chi connectivity index (χ0v) is 12.9. The molecule has 23 heavy (non-hydrogen) atoms. The van der Waals surface area contributed by atoms with Crippen LogP contribution in [0.4, 0.5) is 11.8 Å². The number of hydrogen-bond acceptors (Lipinski definition) is 7. The van der Waals surface area contributed by atoms with Crippen LogP contribution in [0.15, 0.2) is 41.3 Å². The lowest BCUT2D eigenvalue weighted by molar-refractivity contribution is 0.470. The van der Waals surface area contributed by atoms with Gasteiger partial charge in [0.05, 0.1) is 12.5 Å². The molecule has 0 aliphatic heterocycles. The molecule has 0 spiro atoms. The Hall–Kier alpha value is -3.09. The van der Waals surface area contributed by atoms with Gasteiger partial charge in [-0.3, -0.25) is 4.98 Å². The highest BCUT2D eigenvalue weighted by atomic mass is 16.5. The molecular weight excluding hydrogens is 294 g/mol. The van der Waals surface area contributed by atoms with Crippen LogP contribution >= 0.6 is 0 Å². The van der Waals surface area contributed by atoms with E-state index in [-0.39, 0.29) is 17.7 Å². The minimum Gasteiger partial charge on any atom is -0.463 e. The van der Waals surface area contributed by atoms with E-state index in [9.17, 15) is 0 Å². The van der Waals surface area contributed by atoms with Gasteiger partial charge in [-0.05, 0) is 18.1 Å². The molecule has 0 aromatic carbocycles. The number of nitrogens with two attached hydrogens (primary N) is 2. The van der Waals surface area contributed by atoms with E-state index in [0.717, 1.165) is 5.56 Å². The lowest BCUT2D eigenvalue weighted by Crippen LogP contribution is -2.03. The van der Waals surface area contributed by atoms with Gasteiger partial charge in [-0.15, -0.1) is 0 Å². The van der Waals surface area contributed by atoms with Gasteiger partial charge in [-0.1, -0.05) is 13.8 Å². The van der Waals surface area contributed by atoms with Crippen LogP contribution in [0.1, 0.15) is 25.3 Å². The smallest absolute Gasteiger partial charge is 0.222 e. The molecule has 0 bridgehead atoms. The van der Waals surface area contributed by atoms with Crippen molar-refractivity contribution >= 4 is 11.8 Å². The summed E-state index contributed by atoms with van der Waals surface area (Å²) >= 11 is 0. The Bertz CT molecular complexity index is 815. The highest BCUT2D eigenvalue weighted by Crippen LogP contribution is 2.34. The van der Waals surface area contributed by atoms with Crippen molar-refractivity contribution in [3.8, 4) is 23.0 Å². The van der Waals surface area contributed by atoms with E-state index in [0.29, 0.717) is 23.0 Å². The topological polar surface area (TPSA) is 113 Å². The second-order valence-corrected chi connectivity index (χ2v) is 5.32. The van der Waals surface area contributed by atoms with Crippen LogP contribution in [0.3, 0.4) is 0 Å². The predicted molar refractivity (Wildman–Crippen MR) is 87.0 cm³/mol. The molecular formula is C16H17N5O2. The molecule has 0 unspecified atom stereocenters.